The molecule has 6 nitrogen and oxygen atoms in total. The summed E-state index contributed by atoms with van der Waals surface area (Å²) in [5.74, 6) is -0.400. The van der Waals surface area contributed by atoms with Crippen molar-refractivity contribution in [3.8, 4) is 0 Å². The second-order valence-corrected chi connectivity index (χ2v) is 9.98. The summed E-state index contributed by atoms with van der Waals surface area (Å²) in [5.41, 5.74) is 2.35. The van der Waals surface area contributed by atoms with Gasteiger partial charge in [0.1, 0.15) is 0 Å². The minimum Gasteiger partial charge on any atom is -0.345 e. The first kappa shape index (κ1) is 22.7. The van der Waals surface area contributed by atoms with E-state index in [1.54, 1.807) is 0 Å². The van der Waals surface area contributed by atoms with Gasteiger partial charge >= 0.3 is 0 Å². The monoisotopic (exact) mass is 449 g/mol. The van der Waals surface area contributed by atoms with Gasteiger partial charge in [-0.3, -0.25) is 4.79 Å². The van der Waals surface area contributed by atoms with Crippen LogP contribution < -0.4 is 5.32 Å². The van der Waals surface area contributed by atoms with Gasteiger partial charge in [0.2, 0.25) is 10.0 Å². The fourth-order valence-electron chi connectivity index (χ4n) is 3.42. The highest BCUT2D eigenvalue weighted by atomic mass is 35.5. The summed E-state index contributed by atoms with van der Waals surface area (Å²) < 4.78 is 27.5. The van der Waals surface area contributed by atoms with Gasteiger partial charge in [-0.25, -0.2) is 8.42 Å². The molecule has 1 N–H and O–H groups in total. The summed E-state index contributed by atoms with van der Waals surface area (Å²) in [6.45, 7) is 6.17. The number of sulfonamides is 1. The summed E-state index contributed by atoms with van der Waals surface area (Å²) in [5, 5.41) is 3.14. The van der Waals surface area contributed by atoms with Gasteiger partial charge in [0, 0.05) is 26.2 Å². The Morgan fingerprint density at radius 1 is 1.10 bits per heavy atom. The Morgan fingerprint density at radius 3 is 2.33 bits per heavy atom. The average Bonchev–Trinajstić information content (AvgIpc) is 2.74. The van der Waals surface area contributed by atoms with Crippen LogP contribution in [0.15, 0.2) is 47.4 Å². The lowest BCUT2D eigenvalue weighted by Gasteiger charge is -2.31. The third kappa shape index (κ3) is 5.03. The number of halogens is 1. The van der Waals surface area contributed by atoms with E-state index in [4.69, 9.17) is 11.6 Å². The number of nitrogens with one attached hydrogen (secondary N) is 1. The molecular formula is C22H28ClN3O3S. The molecule has 0 aliphatic carbocycles. The first-order chi connectivity index (χ1) is 14.2. The normalized spacial score (nSPS) is 16.9. The largest absolute Gasteiger partial charge is 0.345 e. The molecule has 1 aliphatic rings. The number of amides is 1. The van der Waals surface area contributed by atoms with E-state index in [-0.39, 0.29) is 21.5 Å². The van der Waals surface area contributed by atoms with Crippen molar-refractivity contribution in [3.63, 3.8) is 0 Å². The Hall–Kier alpha value is -1.93. The quantitative estimate of drug-likeness (QED) is 0.734. The predicted molar refractivity (Wildman–Crippen MR) is 119 cm³/mol. The zero-order valence-corrected chi connectivity index (χ0v) is 19.1. The molecule has 162 valence electrons. The lowest BCUT2D eigenvalue weighted by molar-refractivity contribution is 0.0940. The molecule has 0 radical (unpaired) electrons. The summed E-state index contributed by atoms with van der Waals surface area (Å²) in [6.07, 6.45) is 0.950. The average molecular weight is 450 g/mol. The lowest BCUT2D eigenvalue weighted by atomic mass is 10.0. The maximum Gasteiger partial charge on any atom is 0.253 e. The zero-order valence-electron chi connectivity index (χ0n) is 17.6. The number of aryl methyl sites for hydroxylation is 1. The van der Waals surface area contributed by atoms with Crippen molar-refractivity contribution >= 4 is 27.5 Å². The Balaban J connectivity index is 1.79. The third-order valence-corrected chi connectivity index (χ3v) is 7.74. The van der Waals surface area contributed by atoms with E-state index in [2.05, 4.69) is 17.1 Å². The predicted octanol–water partition coefficient (Wildman–Crippen LogP) is 3.33. The maximum atomic E-state index is 13.0. The van der Waals surface area contributed by atoms with Gasteiger partial charge in [-0.2, -0.15) is 4.31 Å². The molecule has 0 spiro atoms. The van der Waals surface area contributed by atoms with Crippen LogP contribution in [0.1, 0.15) is 41.4 Å². The Kier molecular flexibility index (Phi) is 7.18. The van der Waals surface area contributed by atoms with Gasteiger partial charge < -0.3 is 10.2 Å². The molecule has 1 aliphatic heterocycles. The number of carbonyl (C=O) groups is 1. The van der Waals surface area contributed by atoms with Gasteiger partial charge in [-0.05, 0) is 49.7 Å². The Morgan fingerprint density at radius 2 is 1.73 bits per heavy atom. The molecular weight excluding hydrogens is 422 g/mol. The molecule has 1 amide bonds. The van der Waals surface area contributed by atoms with Crippen LogP contribution in [-0.4, -0.2) is 56.8 Å². The number of carbonyl (C=O) groups excluding carboxylic acids is 1. The number of nitrogens with zero attached hydrogens (tertiary/aromatic N) is 2. The second kappa shape index (κ2) is 9.47. The standard InChI is InChI=1S/C22H28ClN3O3S/c1-4-17-5-7-18(8-6-17)16(2)24-22(27)20-15-19(9-10-21(20)23)30(28,29)26-13-11-25(3)12-14-26/h5-10,15-16H,4,11-14H2,1-3H3,(H,24,27)/t16-/m1/s1. The third-order valence-electron chi connectivity index (χ3n) is 5.52. The summed E-state index contributed by atoms with van der Waals surface area (Å²) in [7, 11) is -1.71. The SMILES string of the molecule is CCc1ccc([C@@H](C)NC(=O)c2cc(S(=O)(=O)N3CCN(C)CC3)ccc2Cl)cc1. The van der Waals surface area contributed by atoms with Gasteiger partial charge in [0.25, 0.3) is 5.91 Å². The molecule has 0 saturated carbocycles. The van der Waals surface area contributed by atoms with Crippen molar-refractivity contribution < 1.29 is 13.2 Å². The van der Waals surface area contributed by atoms with Crippen LogP contribution >= 0.6 is 11.6 Å². The van der Waals surface area contributed by atoms with Gasteiger partial charge in [0.05, 0.1) is 21.5 Å². The van der Waals surface area contributed by atoms with Crippen molar-refractivity contribution in [1.82, 2.24) is 14.5 Å². The molecule has 0 aromatic heterocycles. The summed E-state index contributed by atoms with van der Waals surface area (Å²) in [6, 6.07) is 12.1. The first-order valence-electron chi connectivity index (χ1n) is 10.1. The van der Waals surface area contributed by atoms with E-state index < -0.39 is 15.9 Å². The zero-order chi connectivity index (χ0) is 21.9. The van der Waals surface area contributed by atoms with E-state index in [1.165, 1.54) is 28.1 Å². The molecule has 1 fully saturated rings. The van der Waals surface area contributed by atoms with Gasteiger partial charge in [0.15, 0.2) is 0 Å². The minimum atomic E-state index is -3.68. The number of benzene rings is 2. The van der Waals surface area contributed by atoms with E-state index >= 15 is 0 Å². The van der Waals surface area contributed by atoms with Crippen LogP contribution in [0.4, 0.5) is 0 Å². The molecule has 2 aromatic rings. The number of hydrogen-bond donors (Lipinski definition) is 1. The highest BCUT2D eigenvalue weighted by Gasteiger charge is 2.28. The lowest BCUT2D eigenvalue weighted by Crippen LogP contribution is -2.47. The number of likely N-dealkylation sites (N-methyl/N-ethyl adjacent to an activating group) is 1. The van der Waals surface area contributed by atoms with Crippen molar-refractivity contribution in [2.24, 2.45) is 0 Å². The van der Waals surface area contributed by atoms with E-state index in [9.17, 15) is 13.2 Å². The van der Waals surface area contributed by atoms with Crippen LogP contribution in [-0.2, 0) is 16.4 Å². The van der Waals surface area contributed by atoms with Crippen LogP contribution in [0.5, 0.6) is 0 Å². The van der Waals surface area contributed by atoms with Crippen LogP contribution in [0, 0.1) is 0 Å². The maximum absolute atomic E-state index is 13.0. The smallest absolute Gasteiger partial charge is 0.253 e. The number of rotatable bonds is 6. The molecule has 1 saturated heterocycles. The van der Waals surface area contributed by atoms with Crippen LogP contribution in [0.25, 0.3) is 0 Å². The molecule has 0 unspecified atom stereocenters. The fraction of sp³-hybridized carbons (Fsp3) is 0.409. The summed E-state index contributed by atoms with van der Waals surface area (Å²) in [4.78, 5) is 15.0. The van der Waals surface area contributed by atoms with Crippen LogP contribution in [0.2, 0.25) is 5.02 Å². The van der Waals surface area contributed by atoms with Crippen molar-refractivity contribution in [2.45, 2.75) is 31.2 Å². The number of hydrogen-bond acceptors (Lipinski definition) is 4. The molecule has 1 atom stereocenters. The molecule has 1 heterocycles. The van der Waals surface area contributed by atoms with Crippen molar-refractivity contribution in [2.75, 3.05) is 33.2 Å². The first-order valence-corrected chi connectivity index (χ1v) is 11.9. The topological polar surface area (TPSA) is 69.7 Å². The fourth-order valence-corrected chi connectivity index (χ4v) is 5.07. The minimum absolute atomic E-state index is 0.0848. The molecule has 0 bridgehead atoms. The van der Waals surface area contributed by atoms with E-state index in [0.29, 0.717) is 26.2 Å². The second-order valence-electron chi connectivity index (χ2n) is 7.64. The molecule has 30 heavy (non-hydrogen) atoms. The van der Waals surface area contributed by atoms with Gasteiger partial charge in [-0.15, -0.1) is 0 Å². The number of piperazine rings is 1. The molecule has 3 rings (SSSR count). The Bertz CT molecular complexity index is 1000. The van der Waals surface area contributed by atoms with Crippen molar-refractivity contribution in [1.29, 1.82) is 0 Å². The molecule has 8 heteroatoms. The van der Waals surface area contributed by atoms with E-state index in [1.807, 2.05) is 38.2 Å². The van der Waals surface area contributed by atoms with Crippen molar-refractivity contribution in [3.05, 3.63) is 64.2 Å². The molecule has 2 aromatic carbocycles. The highest BCUT2D eigenvalue weighted by Crippen LogP contribution is 2.25. The van der Waals surface area contributed by atoms with E-state index in [0.717, 1.165) is 12.0 Å². The van der Waals surface area contributed by atoms with Crippen LogP contribution in [0.3, 0.4) is 0 Å². The van der Waals surface area contributed by atoms with Gasteiger partial charge in [-0.1, -0.05) is 42.8 Å². The highest BCUT2D eigenvalue weighted by molar-refractivity contribution is 7.89. The summed E-state index contributed by atoms with van der Waals surface area (Å²) >= 11 is 6.24. The Labute approximate surface area is 183 Å².